The summed E-state index contributed by atoms with van der Waals surface area (Å²) in [5.41, 5.74) is 0.714. The maximum atomic E-state index is 11.2. The van der Waals surface area contributed by atoms with Crippen molar-refractivity contribution >= 4 is 60.9 Å². The van der Waals surface area contributed by atoms with Crippen molar-refractivity contribution in [1.82, 2.24) is 4.98 Å². The Labute approximate surface area is 131 Å². The zero-order chi connectivity index (χ0) is 14.0. The molecule has 98 valence electrons. The van der Waals surface area contributed by atoms with Crippen LogP contribution in [-0.4, -0.2) is 16.1 Å². The highest BCUT2D eigenvalue weighted by atomic mass is 79.9. The van der Waals surface area contributed by atoms with E-state index in [1.54, 1.807) is 18.2 Å². The van der Waals surface area contributed by atoms with E-state index in [1.807, 2.05) is 0 Å². The topological polar surface area (TPSA) is 62.2 Å². The van der Waals surface area contributed by atoms with Gasteiger partial charge in [-0.1, -0.05) is 11.6 Å². The van der Waals surface area contributed by atoms with Crippen LogP contribution in [0.1, 0.15) is 10.4 Å². The summed E-state index contributed by atoms with van der Waals surface area (Å²) in [6.07, 6.45) is 1.52. The van der Waals surface area contributed by atoms with Gasteiger partial charge in [0.1, 0.15) is 11.4 Å². The van der Waals surface area contributed by atoms with Crippen molar-refractivity contribution in [2.24, 2.45) is 0 Å². The van der Waals surface area contributed by atoms with Gasteiger partial charge >= 0.3 is 5.97 Å². The number of pyridine rings is 1. The second kappa shape index (κ2) is 5.90. The van der Waals surface area contributed by atoms with Crippen molar-refractivity contribution < 1.29 is 9.90 Å². The number of halogens is 3. The van der Waals surface area contributed by atoms with Gasteiger partial charge in [0.25, 0.3) is 0 Å². The fraction of sp³-hybridized carbons (Fsp3) is 0. The van der Waals surface area contributed by atoms with Crippen molar-refractivity contribution in [2.45, 2.75) is 0 Å². The Morgan fingerprint density at radius 1 is 1.32 bits per heavy atom. The molecule has 4 nitrogen and oxygen atoms in total. The van der Waals surface area contributed by atoms with Crippen molar-refractivity contribution in [3.8, 4) is 0 Å². The number of aromatic carboxylic acids is 1. The Morgan fingerprint density at radius 3 is 2.74 bits per heavy atom. The van der Waals surface area contributed by atoms with Crippen molar-refractivity contribution in [1.29, 1.82) is 0 Å². The average molecular weight is 406 g/mol. The molecule has 0 unspecified atom stereocenters. The summed E-state index contributed by atoms with van der Waals surface area (Å²) in [5, 5.41) is 12.6. The maximum Gasteiger partial charge on any atom is 0.339 e. The van der Waals surface area contributed by atoms with Crippen molar-refractivity contribution in [3.05, 3.63) is 50.0 Å². The summed E-state index contributed by atoms with van der Waals surface area (Å²) in [7, 11) is 0. The normalized spacial score (nSPS) is 10.3. The lowest BCUT2D eigenvalue weighted by Crippen LogP contribution is -2.05. The van der Waals surface area contributed by atoms with Crippen LogP contribution in [-0.2, 0) is 0 Å². The smallest absolute Gasteiger partial charge is 0.339 e. The summed E-state index contributed by atoms with van der Waals surface area (Å²) in [4.78, 5) is 15.2. The Bertz CT molecular complexity index is 650. The van der Waals surface area contributed by atoms with E-state index < -0.39 is 5.97 Å². The van der Waals surface area contributed by atoms with Crippen molar-refractivity contribution in [3.63, 3.8) is 0 Å². The maximum absolute atomic E-state index is 11.2. The summed E-state index contributed by atoms with van der Waals surface area (Å²) in [5.74, 6) is -0.812. The van der Waals surface area contributed by atoms with E-state index in [9.17, 15) is 4.79 Å². The van der Waals surface area contributed by atoms with Crippen LogP contribution in [0.3, 0.4) is 0 Å². The predicted molar refractivity (Wildman–Crippen MR) is 81.3 cm³/mol. The molecule has 0 aliphatic rings. The molecule has 0 fully saturated rings. The van der Waals surface area contributed by atoms with Gasteiger partial charge in [0.15, 0.2) is 0 Å². The van der Waals surface area contributed by atoms with Gasteiger partial charge in [-0.2, -0.15) is 0 Å². The number of hydrogen-bond acceptors (Lipinski definition) is 3. The highest BCUT2D eigenvalue weighted by Gasteiger charge is 2.13. The minimum absolute atomic E-state index is 0.0706. The number of carboxylic acids is 1. The molecule has 0 bridgehead atoms. The molecule has 0 aliphatic carbocycles. The number of anilines is 2. The Kier molecular flexibility index (Phi) is 4.44. The van der Waals surface area contributed by atoms with E-state index in [4.69, 9.17) is 16.7 Å². The third-order valence-electron chi connectivity index (χ3n) is 2.27. The molecule has 1 heterocycles. The number of hydrogen-bond donors (Lipinski definition) is 2. The molecule has 19 heavy (non-hydrogen) atoms. The van der Waals surface area contributed by atoms with Crippen molar-refractivity contribution in [2.75, 3.05) is 5.32 Å². The Morgan fingerprint density at radius 2 is 2.05 bits per heavy atom. The number of rotatable bonds is 3. The minimum Gasteiger partial charge on any atom is -0.478 e. The lowest BCUT2D eigenvalue weighted by molar-refractivity contribution is 0.0697. The van der Waals surface area contributed by atoms with E-state index in [0.717, 1.165) is 4.47 Å². The number of carboxylic acid groups (broad SMARTS) is 1. The molecular formula is C12H7Br2ClN2O2. The SMILES string of the molecule is O=C(O)c1cc(Br)cnc1Nc1cc(Cl)ccc1Br. The molecule has 0 spiro atoms. The molecular weight excluding hydrogens is 399 g/mol. The molecule has 0 saturated heterocycles. The molecule has 2 N–H and O–H groups in total. The average Bonchev–Trinajstić information content (AvgIpc) is 2.35. The number of carbonyl (C=O) groups is 1. The summed E-state index contributed by atoms with van der Waals surface area (Å²) < 4.78 is 1.36. The Hall–Kier alpha value is -1.11. The molecule has 0 atom stereocenters. The zero-order valence-electron chi connectivity index (χ0n) is 9.32. The number of aromatic nitrogens is 1. The second-order valence-electron chi connectivity index (χ2n) is 3.60. The minimum atomic E-state index is -1.06. The van der Waals surface area contributed by atoms with Gasteiger partial charge in [-0.3, -0.25) is 0 Å². The van der Waals surface area contributed by atoms with Gasteiger partial charge in [0, 0.05) is 20.2 Å². The third kappa shape index (κ3) is 3.46. The lowest BCUT2D eigenvalue weighted by Gasteiger charge is -2.10. The van der Waals surface area contributed by atoms with Crippen LogP contribution in [0.2, 0.25) is 5.02 Å². The highest BCUT2D eigenvalue weighted by molar-refractivity contribution is 9.10. The molecule has 0 saturated carbocycles. The fourth-order valence-electron chi connectivity index (χ4n) is 1.42. The van der Waals surface area contributed by atoms with E-state index >= 15 is 0 Å². The monoisotopic (exact) mass is 404 g/mol. The zero-order valence-corrected chi connectivity index (χ0v) is 13.3. The molecule has 0 amide bonds. The van der Waals surface area contributed by atoms with Crippen LogP contribution in [0.25, 0.3) is 0 Å². The first kappa shape index (κ1) is 14.3. The van der Waals surface area contributed by atoms with Crippen LogP contribution in [0.15, 0.2) is 39.4 Å². The second-order valence-corrected chi connectivity index (χ2v) is 5.81. The van der Waals surface area contributed by atoms with Crippen LogP contribution in [0.4, 0.5) is 11.5 Å². The van der Waals surface area contributed by atoms with Crippen LogP contribution >= 0.6 is 43.5 Å². The molecule has 2 rings (SSSR count). The molecule has 7 heteroatoms. The van der Waals surface area contributed by atoms with Gasteiger partial charge in [-0.05, 0) is 56.1 Å². The summed E-state index contributed by atoms with van der Waals surface area (Å²) in [6, 6.07) is 6.66. The number of nitrogens with zero attached hydrogens (tertiary/aromatic N) is 1. The third-order valence-corrected chi connectivity index (χ3v) is 3.63. The Balaban J connectivity index is 2.43. The van der Waals surface area contributed by atoms with E-state index in [2.05, 4.69) is 42.2 Å². The molecule has 2 aromatic rings. The van der Waals surface area contributed by atoms with E-state index in [1.165, 1.54) is 12.3 Å². The fourth-order valence-corrected chi connectivity index (χ4v) is 2.27. The predicted octanol–water partition coefficient (Wildman–Crippen LogP) is 4.70. The van der Waals surface area contributed by atoms with Crippen LogP contribution in [0, 0.1) is 0 Å². The largest absolute Gasteiger partial charge is 0.478 e. The quantitative estimate of drug-likeness (QED) is 0.776. The van der Waals surface area contributed by atoms with Crippen LogP contribution < -0.4 is 5.32 Å². The van der Waals surface area contributed by atoms with Gasteiger partial charge in [-0.15, -0.1) is 0 Å². The van der Waals surface area contributed by atoms with Gasteiger partial charge in [0.2, 0.25) is 0 Å². The van der Waals surface area contributed by atoms with Gasteiger partial charge < -0.3 is 10.4 Å². The van der Waals surface area contributed by atoms with E-state index in [-0.39, 0.29) is 11.4 Å². The first-order chi connectivity index (χ1) is 8.97. The highest BCUT2D eigenvalue weighted by Crippen LogP contribution is 2.30. The lowest BCUT2D eigenvalue weighted by atomic mass is 10.2. The first-order valence-electron chi connectivity index (χ1n) is 5.08. The molecule has 1 aromatic heterocycles. The number of nitrogens with one attached hydrogen (secondary N) is 1. The molecule has 0 radical (unpaired) electrons. The first-order valence-corrected chi connectivity index (χ1v) is 7.04. The number of benzene rings is 1. The van der Waals surface area contributed by atoms with Crippen LogP contribution in [0.5, 0.6) is 0 Å². The molecule has 0 aliphatic heterocycles. The standard InChI is InChI=1S/C12H7Br2ClN2O2/c13-6-3-8(12(18)19)11(16-5-6)17-10-4-7(15)1-2-9(10)14/h1-5H,(H,16,17)(H,18,19). The van der Waals surface area contributed by atoms with Gasteiger partial charge in [0.05, 0.1) is 5.69 Å². The summed E-state index contributed by atoms with van der Waals surface area (Å²) >= 11 is 12.5. The summed E-state index contributed by atoms with van der Waals surface area (Å²) in [6.45, 7) is 0. The molecule has 1 aromatic carbocycles. The van der Waals surface area contributed by atoms with Gasteiger partial charge in [-0.25, -0.2) is 9.78 Å². The van der Waals surface area contributed by atoms with E-state index in [0.29, 0.717) is 15.2 Å².